The Kier molecular flexibility index (Phi) is 2.11. The van der Waals surface area contributed by atoms with Gasteiger partial charge in [-0.15, -0.1) is 6.58 Å². The number of nitrogens with zero attached hydrogens (tertiary/aromatic N) is 1. The number of nitrogens with two attached hydrogens (primary N) is 1. The highest BCUT2D eigenvalue weighted by Crippen LogP contribution is 2.60. The molecule has 1 aliphatic carbocycles. The summed E-state index contributed by atoms with van der Waals surface area (Å²) in [4.78, 5) is 25.7. The molecule has 1 saturated heterocycles. The summed E-state index contributed by atoms with van der Waals surface area (Å²) in [6, 6.07) is 7.23. The lowest BCUT2D eigenvalue weighted by atomic mass is 9.94. The van der Waals surface area contributed by atoms with Crippen LogP contribution >= 0.6 is 0 Å². The summed E-state index contributed by atoms with van der Waals surface area (Å²) in [6.45, 7) is 3.87. The molecule has 1 aromatic carbocycles. The molecule has 2 unspecified atom stereocenters. The predicted molar refractivity (Wildman–Crippen MR) is 67.6 cm³/mol. The molecule has 92 valence electrons. The van der Waals surface area contributed by atoms with E-state index in [-0.39, 0.29) is 17.7 Å². The standard InChI is InChI=1S/C14H14N2O2/c1-2-7-16-12(17)11-8-14(11,13(16)18)9-3-5-10(15)6-4-9/h2-6,11H,1,7-8,15H2. The first-order valence-electron chi connectivity index (χ1n) is 5.94. The van der Waals surface area contributed by atoms with Crippen molar-refractivity contribution in [1.29, 1.82) is 0 Å². The summed E-state index contributed by atoms with van der Waals surface area (Å²) in [5.74, 6) is -0.354. The molecule has 1 aliphatic heterocycles. The number of imide groups is 1. The zero-order chi connectivity index (χ0) is 12.9. The quantitative estimate of drug-likeness (QED) is 0.490. The summed E-state index contributed by atoms with van der Waals surface area (Å²) in [6.07, 6.45) is 2.21. The minimum Gasteiger partial charge on any atom is -0.399 e. The number of likely N-dealkylation sites (tertiary alicyclic amines) is 1. The highest BCUT2D eigenvalue weighted by atomic mass is 16.2. The molecule has 1 saturated carbocycles. The third-order valence-electron chi connectivity index (χ3n) is 3.89. The van der Waals surface area contributed by atoms with Gasteiger partial charge < -0.3 is 5.73 Å². The van der Waals surface area contributed by atoms with Crippen molar-refractivity contribution in [3.05, 3.63) is 42.5 Å². The van der Waals surface area contributed by atoms with Crippen LogP contribution < -0.4 is 5.73 Å². The molecule has 0 radical (unpaired) electrons. The van der Waals surface area contributed by atoms with E-state index in [0.29, 0.717) is 18.7 Å². The first-order valence-corrected chi connectivity index (χ1v) is 5.94. The second-order valence-electron chi connectivity index (χ2n) is 4.89. The van der Waals surface area contributed by atoms with Gasteiger partial charge in [0.2, 0.25) is 11.8 Å². The van der Waals surface area contributed by atoms with E-state index in [2.05, 4.69) is 6.58 Å². The first kappa shape index (κ1) is 11.0. The normalized spacial score (nSPS) is 29.3. The van der Waals surface area contributed by atoms with Gasteiger partial charge in [-0.2, -0.15) is 0 Å². The molecular formula is C14H14N2O2. The van der Waals surface area contributed by atoms with Crippen molar-refractivity contribution in [2.24, 2.45) is 5.92 Å². The topological polar surface area (TPSA) is 63.4 Å². The summed E-state index contributed by atoms with van der Waals surface area (Å²) >= 11 is 0. The molecule has 18 heavy (non-hydrogen) atoms. The Labute approximate surface area is 105 Å². The molecule has 2 aliphatic rings. The van der Waals surface area contributed by atoms with Crippen LogP contribution in [0.15, 0.2) is 36.9 Å². The minimum absolute atomic E-state index is 0.0725. The number of piperidine rings is 1. The number of amides is 2. The maximum atomic E-state index is 12.4. The lowest BCUT2D eigenvalue weighted by Gasteiger charge is -2.17. The second kappa shape index (κ2) is 3.45. The maximum Gasteiger partial charge on any atom is 0.240 e. The van der Waals surface area contributed by atoms with Crippen LogP contribution in [0.3, 0.4) is 0 Å². The third kappa shape index (κ3) is 1.20. The van der Waals surface area contributed by atoms with Gasteiger partial charge in [0.05, 0.1) is 11.3 Å². The first-order chi connectivity index (χ1) is 8.61. The predicted octanol–water partition coefficient (Wildman–Crippen LogP) is 1.08. The Balaban J connectivity index is 1.99. The number of hydrogen-bond donors (Lipinski definition) is 1. The fraction of sp³-hybridized carbons (Fsp3) is 0.286. The smallest absolute Gasteiger partial charge is 0.240 e. The molecule has 4 nitrogen and oxygen atoms in total. The molecule has 1 heterocycles. The Morgan fingerprint density at radius 2 is 2.06 bits per heavy atom. The van der Waals surface area contributed by atoms with Crippen molar-refractivity contribution in [3.63, 3.8) is 0 Å². The molecule has 0 aromatic heterocycles. The van der Waals surface area contributed by atoms with Crippen LogP contribution in [-0.2, 0) is 15.0 Å². The van der Waals surface area contributed by atoms with Gasteiger partial charge in [0.15, 0.2) is 0 Å². The molecule has 2 fully saturated rings. The monoisotopic (exact) mass is 242 g/mol. The van der Waals surface area contributed by atoms with E-state index in [4.69, 9.17) is 5.73 Å². The molecule has 1 aromatic rings. The average Bonchev–Trinajstić information content (AvgIpc) is 3.07. The van der Waals surface area contributed by atoms with Gasteiger partial charge in [-0.05, 0) is 24.1 Å². The number of anilines is 1. The van der Waals surface area contributed by atoms with E-state index < -0.39 is 5.41 Å². The zero-order valence-electron chi connectivity index (χ0n) is 9.93. The van der Waals surface area contributed by atoms with Crippen LogP contribution in [0.5, 0.6) is 0 Å². The molecule has 0 bridgehead atoms. The van der Waals surface area contributed by atoms with Gasteiger partial charge in [-0.3, -0.25) is 14.5 Å². The van der Waals surface area contributed by atoms with Crippen molar-refractivity contribution in [1.82, 2.24) is 4.90 Å². The van der Waals surface area contributed by atoms with Crippen LogP contribution in [-0.4, -0.2) is 23.3 Å². The highest BCUT2D eigenvalue weighted by Gasteiger charge is 2.72. The van der Waals surface area contributed by atoms with Crippen LogP contribution in [0, 0.1) is 5.92 Å². The molecular weight excluding hydrogens is 228 g/mol. The average molecular weight is 242 g/mol. The minimum atomic E-state index is -0.617. The maximum absolute atomic E-state index is 12.4. The molecule has 2 N–H and O–H groups in total. The van der Waals surface area contributed by atoms with Crippen LogP contribution in [0.2, 0.25) is 0 Å². The van der Waals surface area contributed by atoms with Crippen LogP contribution in [0.1, 0.15) is 12.0 Å². The van der Waals surface area contributed by atoms with Crippen LogP contribution in [0.25, 0.3) is 0 Å². The summed E-state index contributed by atoms with van der Waals surface area (Å²) in [7, 11) is 0. The SMILES string of the molecule is C=CCN1C(=O)C2CC2(c2ccc(N)cc2)C1=O. The lowest BCUT2D eigenvalue weighted by Crippen LogP contribution is -2.36. The molecule has 4 heteroatoms. The highest BCUT2D eigenvalue weighted by molar-refractivity contribution is 6.15. The second-order valence-corrected chi connectivity index (χ2v) is 4.89. The van der Waals surface area contributed by atoms with Crippen molar-refractivity contribution in [3.8, 4) is 0 Å². The van der Waals surface area contributed by atoms with Crippen molar-refractivity contribution in [2.45, 2.75) is 11.8 Å². The van der Waals surface area contributed by atoms with E-state index in [1.807, 2.05) is 12.1 Å². The number of hydrogen-bond acceptors (Lipinski definition) is 3. The number of nitrogen functional groups attached to an aromatic ring is 1. The van der Waals surface area contributed by atoms with E-state index >= 15 is 0 Å². The Morgan fingerprint density at radius 1 is 1.39 bits per heavy atom. The van der Waals surface area contributed by atoms with Gasteiger partial charge >= 0.3 is 0 Å². The van der Waals surface area contributed by atoms with Gasteiger partial charge in [0, 0.05) is 12.2 Å². The van der Waals surface area contributed by atoms with Gasteiger partial charge in [-0.25, -0.2) is 0 Å². The van der Waals surface area contributed by atoms with E-state index in [1.54, 1.807) is 18.2 Å². The summed E-state index contributed by atoms with van der Waals surface area (Å²) < 4.78 is 0. The zero-order valence-corrected chi connectivity index (χ0v) is 9.93. The number of carbonyl (C=O) groups excluding carboxylic acids is 2. The van der Waals surface area contributed by atoms with Gasteiger partial charge in [-0.1, -0.05) is 18.2 Å². The van der Waals surface area contributed by atoms with Gasteiger partial charge in [0.1, 0.15) is 0 Å². The number of carbonyl (C=O) groups is 2. The largest absolute Gasteiger partial charge is 0.399 e. The van der Waals surface area contributed by atoms with E-state index in [0.717, 1.165) is 5.56 Å². The van der Waals surface area contributed by atoms with Crippen molar-refractivity contribution in [2.75, 3.05) is 12.3 Å². The Bertz CT molecular complexity index is 549. The Hall–Kier alpha value is -2.10. The molecule has 2 amide bonds. The Morgan fingerprint density at radius 3 is 2.67 bits per heavy atom. The molecule has 3 rings (SSSR count). The van der Waals surface area contributed by atoms with E-state index in [9.17, 15) is 9.59 Å². The summed E-state index contributed by atoms with van der Waals surface area (Å²) in [5.41, 5.74) is 6.58. The fourth-order valence-electron chi connectivity index (χ4n) is 2.85. The van der Waals surface area contributed by atoms with Gasteiger partial charge in [0.25, 0.3) is 0 Å². The fourth-order valence-corrected chi connectivity index (χ4v) is 2.85. The van der Waals surface area contributed by atoms with Crippen molar-refractivity contribution < 1.29 is 9.59 Å². The van der Waals surface area contributed by atoms with E-state index in [1.165, 1.54) is 4.90 Å². The summed E-state index contributed by atoms with van der Waals surface area (Å²) in [5, 5.41) is 0. The number of rotatable bonds is 3. The molecule has 2 atom stereocenters. The third-order valence-corrected chi connectivity index (χ3v) is 3.89. The van der Waals surface area contributed by atoms with Crippen molar-refractivity contribution >= 4 is 17.5 Å². The molecule has 0 spiro atoms. The lowest BCUT2D eigenvalue weighted by molar-refractivity contribution is -0.141. The number of fused-ring (bicyclic) bond motifs is 1. The number of benzene rings is 1. The van der Waals surface area contributed by atoms with Crippen LogP contribution in [0.4, 0.5) is 5.69 Å².